The number of H-pyrrole nitrogens is 1. The van der Waals surface area contributed by atoms with Gasteiger partial charge in [-0.2, -0.15) is 0 Å². The zero-order valence-corrected chi connectivity index (χ0v) is 11.2. The van der Waals surface area contributed by atoms with E-state index in [0.717, 1.165) is 23.8 Å². The summed E-state index contributed by atoms with van der Waals surface area (Å²) in [6.45, 7) is 4.13. The van der Waals surface area contributed by atoms with Gasteiger partial charge in [-0.05, 0) is 36.9 Å². The molecule has 2 aromatic rings. The molecule has 0 aliphatic heterocycles. The molecule has 0 bridgehead atoms. The van der Waals surface area contributed by atoms with Crippen molar-refractivity contribution >= 4 is 16.9 Å². The molecule has 0 amide bonds. The molecule has 0 saturated carbocycles. The maximum absolute atomic E-state index is 11.9. The van der Waals surface area contributed by atoms with Crippen LogP contribution in [0.4, 0.5) is 0 Å². The summed E-state index contributed by atoms with van der Waals surface area (Å²) < 4.78 is 4.94. The molecule has 0 radical (unpaired) electrons. The second-order valence-corrected chi connectivity index (χ2v) is 4.40. The lowest BCUT2D eigenvalue weighted by atomic mass is 10.1. The third-order valence-electron chi connectivity index (χ3n) is 2.95. The molecule has 2 rings (SSSR count). The topological polar surface area (TPSA) is 59.2 Å². The average Bonchev–Trinajstić information content (AvgIpc) is 2.39. The van der Waals surface area contributed by atoms with Gasteiger partial charge in [-0.25, -0.2) is 4.79 Å². The van der Waals surface area contributed by atoms with Gasteiger partial charge in [0.05, 0.1) is 12.2 Å². The first-order valence-corrected chi connectivity index (χ1v) is 6.48. The van der Waals surface area contributed by atoms with Crippen LogP contribution in [-0.4, -0.2) is 17.6 Å². The van der Waals surface area contributed by atoms with Crippen molar-refractivity contribution in [1.82, 2.24) is 4.98 Å². The second-order valence-electron chi connectivity index (χ2n) is 4.40. The smallest absolute Gasteiger partial charge is 0.338 e. The van der Waals surface area contributed by atoms with E-state index in [-0.39, 0.29) is 11.5 Å². The number of carbonyl (C=O) groups excluding carboxylic acids is 1. The van der Waals surface area contributed by atoms with Crippen molar-refractivity contribution in [3.05, 3.63) is 45.7 Å². The molecule has 0 aliphatic carbocycles. The van der Waals surface area contributed by atoms with Gasteiger partial charge in [-0.3, -0.25) is 4.79 Å². The van der Waals surface area contributed by atoms with Gasteiger partial charge < -0.3 is 9.72 Å². The fraction of sp³-hybridized carbons (Fsp3) is 0.333. The van der Waals surface area contributed by atoms with Gasteiger partial charge in [0.1, 0.15) is 0 Å². The molecular formula is C15H17NO3. The molecule has 1 heterocycles. The number of ether oxygens (including phenoxy) is 1. The van der Waals surface area contributed by atoms with Crippen LogP contribution in [0.3, 0.4) is 0 Å². The van der Waals surface area contributed by atoms with E-state index in [0.29, 0.717) is 17.7 Å². The van der Waals surface area contributed by atoms with E-state index in [1.165, 1.54) is 0 Å². The zero-order chi connectivity index (χ0) is 13.8. The Morgan fingerprint density at radius 2 is 2.05 bits per heavy atom. The molecule has 19 heavy (non-hydrogen) atoms. The normalized spacial score (nSPS) is 10.6. The van der Waals surface area contributed by atoms with Crippen molar-refractivity contribution in [3.63, 3.8) is 0 Å². The largest absolute Gasteiger partial charge is 0.462 e. The molecule has 1 aromatic carbocycles. The van der Waals surface area contributed by atoms with Crippen molar-refractivity contribution < 1.29 is 9.53 Å². The fourth-order valence-electron chi connectivity index (χ4n) is 2.04. The Bertz CT molecular complexity index is 658. The molecule has 4 heteroatoms. The fourth-order valence-corrected chi connectivity index (χ4v) is 2.04. The summed E-state index contributed by atoms with van der Waals surface area (Å²) in [4.78, 5) is 26.3. The maximum atomic E-state index is 11.9. The number of fused-ring (bicyclic) bond motifs is 1. The summed E-state index contributed by atoms with van der Waals surface area (Å²) in [6, 6.07) is 7.09. The number of esters is 1. The van der Waals surface area contributed by atoms with Gasteiger partial charge in [0.25, 0.3) is 5.56 Å². The molecule has 100 valence electrons. The number of aromatic amines is 1. The first kappa shape index (κ1) is 13.3. The van der Waals surface area contributed by atoms with E-state index in [1.54, 1.807) is 19.1 Å². The lowest BCUT2D eigenvalue weighted by Gasteiger charge is -2.05. The summed E-state index contributed by atoms with van der Waals surface area (Å²) in [5.41, 5.74) is 1.80. The Kier molecular flexibility index (Phi) is 4.00. The summed E-state index contributed by atoms with van der Waals surface area (Å²) in [5, 5.41) is 0.927. The molecular weight excluding hydrogens is 242 g/mol. The summed E-state index contributed by atoms with van der Waals surface area (Å²) in [6.07, 6.45) is 1.68. The van der Waals surface area contributed by atoms with Crippen molar-refractivity contribution in [1.29, 1.82) is 0 Å². The molecule has 4 nitrogen and oxygen atoms in total. The predicted octanol–water partition coefficient (Wildman–Crippen LogP) is 2.66. The van der Waals surface area contributed by atoms with Gasteiger partial charge in [0, 0.05) is 11.1 Å². The van der Waals surface area contributed by atoms with E-state index >= 15 is 0 Å². The van der Waals surface area contributed by atoms with Crippen LogP contribution in [0.15, 0.2) is 29.1 Å². The number of nitrogens with one attached hydrogen (secondary N) is 1. The van der Waals surface area contributed by atoms with E-state index in [1.807, 2.05) is 19.1 Å². The lowest BCUT2D eigenvalue weighted by molar-refractivity contribution is 0.0526. The Morgan fingerprint density at radius 3 is 2.74 bits per heavy atom. The van der Waals surface area contributed by atoms with Crippen molar-refractivity contribution in [3.8, 4) is 0 Å². The first-order chi connectivity index (χ1) is 9.15. The standard InChI is InChI=1S/C15H17NO3/c1-3-5-11-8-10-6-7-12(15(18)19-4-2)9-13(10)16-14(11)17/h6-9H,3-5H2,1-2H3,(H,16,17). The number of carbonyl (C=O) groups is 1. The Hall–Kier alpha value is -2.10. The third kappa shape index (κ3) is 2.84. The number of aromatic nitrogens is 1. The van der Waals surface area contributed by atoms with Crippen LogP contribution in [0, 0.1) is 0 Å². The Labute approximate surface area is 111 Å². The number of hydrogen-bond acceptors (Lipinski definition) is 3. The lowest BCUT2D eigenvalue weighted by Crippen LogP contribution is -2.12. The molecule has 0 spiro atoms. The minimum Gasteiger partial charge on any atom is -0.462 e. The highest BCUT2D eigenvalue weighted by atomic mass is 16.5. The van der Waals surface area contributed by atoms with Crippen LogP contribution in [0.2, 0.25) is 0 Å². The summed E-state index contributed by atoms with van der Waals surface area (Å²) in [5.74, 6) is -0.372. The first-order valence-electron chi connectivity index (χ1n) is 6.48. The minimum atomic E-state index is -0.372. The number of hydrogen-bond donors (Lipinski definition) is 1. The highest BCUT2D eigenvalue weighted by Crippen LogP contribution is 2.15. The third-order valence-corrected chi connectivity index (χ3v) is 2.95. The van der Waals surface area contributed by atoms with Crippen molar-refractivity contribution in [2.45, 2.75) is 26.7 Å². The monoisotopic (exact) mass is 259 g/mol. The predicted molar refractivity (Wildman–Crippen MR) is 74.5 cm³/mol. The van der Waals surface area contributed by atoms with Crippen molar-refractivity contribution in [2.75, 3.05) is 6.61 Å². The Morgan fingerprint density at radius 1 is 1.26 bits per heavy atom. The van der Waals surface area contributed by atoms with Crippen LogP contribution < -0.4 is 5.56 Å². The molecule has 0 saturated heterocycles. The molecule has 1 aromatic heterocycles. The molecule has 1 N–H and O–H groups in total. The highest BCUT2D eigenvalue weighted by molar-refractivity contribution is 5.94. The zero-order valence-electron chi connectivity index (χ0n) is 11.2. The van der Waals surface area contributed by atoms with E-state index in [2.05, 4.69) is 4.98 Å². The van der Waals surface area contributed by atoms with Crippen molar-refractivity contribution in [2.24, 2.45) is 0 Å². The van der Waals surface area contributed by atoms with Gasteiger partial charge >= 0.3 is 5.97 Å². The number of pyridine rings is 1. The molecule has 0 fully saturated rings. The molecule has 0 atom stereocenters. The maximum Gasteiger partial charge on any atom is 0.338 e. The molecule has 0 unspecified atom stereocenters. The SMILES string of the molecule is CCCc1cc2ccc(C(=O)OCC)cc2[nH]c1=O. The van der Waals surface area contributed by atoms with Crippen LogP contribution in [0.1, 0.15) is 36.2 Å². The van der Waals surface area contributed by atoms with Crippen LogP contribution in [0.5, 0.6) is 0 Å². The van der Waals surface area contributed by atoms with Gasteiger partial charge in [-0.15, -0.1) is 0 Å². The highest BCUT2D eigenvalue weighted by Gasteiger charge is 2.08. The van der Waals surface area contributed by atoms with Gasteiger partial charge in [0.2, 0.25) is 0 Å². The van der Waals surface area contributed by atoms with E-state index in [4.69, 9.17) is 4.74 Å². The number of rotatable bonds is 4. The van der Waals surface area contributed by atoms with E-state index in [9.17, 15) is 9.59 Å². The molecule has 0 aliphatic rings. The number of aryl methyl sites for hydroxylation is 1. The van der Waals surface area contributed by atoms with E-state index < -0.39 is 0 Å². The number of benzene rings is 1. The van der Waals surface area contributed by atoms with Crippen LogP contribution in [-0.2, 0) is 11.2 Å². The summed E-state index contributed by atoms with van der Waals surface area (Å²) in [7, 11) is 0. The van der Waals surface area contributed by atoms with Gasteiger partial charge in [0.15, 0.2) is 0 Å². The quantitative estimate of drug-likeness (QED) is 0.859. The second kappa shape index (κ2) is 5.69. The van der Waals surface area contributed by atoms with Gasteiger partial charge in [-0.1, -0.05) is 19.4 Å². The Balaban J connectivity index is 2.47. The van der Waals surface area contributed by atoms with Crippen LogP contribution in [0.25, 0.3) is 10.9 Å². The average molecular weight is 259 g/mol. The summed E-state index contributed by atoms with van der Waals surface area (Å²) >= 11 is 0. The minimum absolute atomic E-state index is 0.0876. The van der Waals surface area contributed by atoms with Crippen LogP contribution >= 0.6 is 0 Å².